The molecule has 0 aromatic heterocycles. The first-order chi connectivity index (χ1) is 9.36. The number of ether oxygens (including phenoxy) is 1. The van der Waals surface area contributed by atoms with E-state index in [1.54, 1.807) is 0 Å². The van der Waals surface area contributed by atoms with Gasteiger partial charge in [0.25, 0.3) is 0 Å². The van der Waals surface area contributed by atoms with Crippen LogP contribution in [-0.4, -0.2) is 44.7 Å². The van der Waals surface area contributed by atoms with Crippen LogP contribution in [0.4, 0.5) is 5.69 Å². The maximum atomic E-state index is 12.6. The lowest BCUT2D eigenvalue weighted by Crippen LogP contribution is -2.56. The van der Waals surface area contributed by atoms with E-state index in [0.717, 1.165) is 30.9 Å². The third kappa shape index (κ3) is 2.57. The average Bonchev–Trinajstić information content (AvgIpc) is 2.70. The predicted octanol–water partition coefficient (Wildman–Crippen LogP) is 0.363. The minimum atomic E-state index is -0.139. The van der Waals surface area contributed by atoms with Gasteiger partial charge in [-0.1, -0.05) is 12.1 Å². The van der Waals surface area contributed by atoms with Gasteiger partial charge in [-0.05, 0) is 18.6 Å². The zero-order valence-corrected chi connectivity index (χ0v) is 10.9. The first kappa shape index (κ1) is 12.4. The molecule has 2 heterocycles. The van der Waals surface area contributed by atoms with Crippen molar-refractivity contribution in [3.05, 3.63) is 24.3 Å². The van der Waals surface area contributed by atoms with Gasteiger partial charge in [-0.3, -0.25) is 4.79 Å². The second-order valence-corrected chi connectivity index (χ2v) is 4.87. The molecule has 19 heavy (non-hydrogen) atoms. The summed E-state index contributed by atoms with van der Waals surface area (Å²) in [7, 11) is 0. The van der Waals surface area contributed by atoms with Crippen molar-refractivity contribution >= 4 is 11.6 Å². The fraction of sp³-hybridized carbons (Fsp3) is 0.500. The number of hydrogen-bond acceptors (Lipinski definition) is 4. The number of carbonyl (C=O) groups is 1. The van der Waals surface area contributed by atoms with Gasteiger partial charge in [0.1, 0.15) is 5.75 Å². The van der Waals surface area contributed by atoms with E-state index >= 15 is 0 Å². The Morgan fingerprint density at radius 2 is 2.21 bits per heavy atom. The van der Waals surface area contributed by atoms with Gasteiger partial charge in [-0.25, -0.2) is 0 Å². The number of fused-ring (bicyclic) bond motifs is 1. The molecule has 1 unspecified atom stereocenters. The number of hydrogen-bond donors (Lipinski definition) is 2. The van der Waals surface area contributed by atoms with Crippen LogP contribution in [0.3, 0.4) is 0 Å². The molecule has 1 aromatic rings. The average molecular weight is 261 g/mol. The molecule has 1 aromatic carbocycles. The van der Waals surface area contributed by atoms with Crippen LogP contribution in [0.15, 0.2) is 24.3 Å². The largest absolute Gasteiger partial charge is 0.491 e. The maximum Gasteiger partial charge on any atom is 0.245 e. The van der Waals surface area contributed by atoms with Gasteiger partial charge in [0.05, 0.1) is 18.3 Å². The summed E-state index contributed by atoms with van der Waals surface area (Å²) in [6, 6.07) is 7.62. The Balaban J connectivity index is 1.84. The highest BCUT2D eigenvalue weighted by molar-refractivity contribution is 5.98. The van der Waals surface area contributed by atoms with E-state index in [1.807, 2.05) is 29.2 Å². The standard InChI is InChI=1S/C14H19N3O2/c18-14(11-10-15-6-7-16-11)17-8-3-9-19-13-5-2-1-4-12(13)17/h1-2,4-5,11,15-16H,3,6-10H2. The molecule has 0 spiro atoms. The third-order valence-electron chi connectivity index (χ3n) is 3.54. The Morgan fingerprint density at radius 1 is 1.32 bits per heavy atom. The lowest BCUT2D eigenvalue weighted by molar-refractivity contribution is -0.120. The van der Waals surface area contributed by atoms with E-state index in [-0.39, 0.29) is 11.9 Å². The highest BCUT2D eigenvalue weighted by Gasteiger charge is 2.29. The first-order valence-electron chi connectivity index (χ1n) is 6.83. The molecule has 0 radical (unpaired) electrons. The van der Waals surface area contributed by atoms with Gasteiger partial charge in [0.15, 0.2) is 0 Å². The monoisotopic (exact) mass is 261 g/mol. The van der Waals surface area contributed by atoms with Gasteiger partial charge >= 0.3 is 0 Å². The lowest BCUT2D eigenvalue weighted by Gasteiger charge is -2.30. The molecular formula is C14H19N3O2. The van der Waals surface area contributed by atoms with Gasteiger partial charge in [-0.15, -0.1) is 0 Å². The maximum absolute atomic E-state index is 12.6. The van der Waals surface area contributed by atoms with Crippen LogP contribution in [0.5, 0.6) is 5.75 Å². The molecular weight excluding hydrogens is 242 g/mol. The highest BCUT2D eigenvalue weighted by Crippen LogP contribution is 2.30. The van der Waals surface area contributed by atoms with E-state index in [4.69, 9.17) is 4.74 Å². The quantitative estimate of drug-likeness (QED) is 0.766. The molecule has 0 saturated carbocycles. The van der Waals surface area contributed by atoms with E-state index in [0.29, 0.717) is 19.7 Å². The van der Waals surface area contributed by atoms with Crippen LogP contribution >= 0.6 is 0 Å². The number of rotatable bonds is 1. The van der Waals surface area contributed by atoms with Crippen LogP contribution in [0, 0.1) is 0 Å². The van der Waals surface area contributed by atoms with E-state index in [2.05, 4.69) is 10.6 Å². The zero-order valence-electron chi connectivity index (χ0n) is 10.9. The Labute approximate surface area is 112 Å². The number of piperazine rings is 1. The Hall–Kier alpha value is -1.59. The molecule has 2 aliphatic heterocycles. The summed E-state index contributed by atoms with van der Waals surface area (Å²) in [5, 5.41) is 6.53. The summed E-state index contributed by atoms with van der Waals surface area (Å²) in [5.41, 5.74) is 0.886. The molecule has 0 bridgehead atoms. The SMILES string of the molecule is O=C(C1CNCCN1)N1CCCOc2ccccc21. The molecule has 2 N–H and O–H groups in total. The predicted molar refractivity (Wildman–Crippen MR) is 73.6 cm³/mol. The van der Waals surface area contributed by atoms with Crippen molar-refractivity contribution in [2.24, 2.45) is 0 Å². The molecule has 1 saturated heterocycles. The topological polar surface area (TPSA) is 53.6 Å². The molecule has 5 nitrogen and oxygen atoms in total. The molecule has 1 fully saturated rings. The summed E-state index contributed by atoms with van der Waals surface area (Å²) in [6.45, 7) is 3.83. The molecule has 1 atom stereocenters. The summed E-state index contributed by atoms with van der Waals surface area (Å²) < 4.78 is 5.69. The number of nitrogens with zero attached hydrogens (tertiary/aromatic N) is 1. The molecule has 102 valence electrons. The smallest absolute Gasteiger partial charge is 0.245 e. The Bertz CT molecular complexity index is 458. The van der Waals surface area contributed by atoms with E-state index in [1.165, 1.54) is 0 Å². The second-order valence-electron chi connectivity index (χ2n) is 4.87. The summed E-state index contributed by atoms with van der Waals surface area (Å²) in [5.74, 6) is 0.933. The number of para-hydroxylation sites is 2. The highest BCUT2D eigenvalue weighted by atomic mass is 16.5. The molecule has 2 aliphatic rings. The van der Waals surface area contributed by atoms with Crippen molar-refractivity contribution in [1.29, 1.82) is 0 Å². The summed E-state index contributed by atoms with van der Waals surface area (Å²) in [6.07, 6.45) is 0.862. The molecule has 3 rings (SSSR count). The minimum absolute atomic E-state index is 0.130. The number of anilines is 1. The second kappa shape index (κ2) is 5.59. The Morgan fingerprint density at radius 3 is 3.05 bits per heavy atom. The number of nitrogens with one attached hydrogen (secondary N) is 2. The number of amides is 1. The molecule has 5 heteroatoms. The first-order valence-corrected chi connectivity index (χ1v) is 6.83. The number of carbonyl (C=O) groups excluding carboxylic acids is 1. The van der Waals surface area contributed by atoms with Crippen molar-refractivity contribution in [1.82, 2.24) is 10.6 Å². The fourth-order valence-electron chi connectivity index (χ4n) is 2.57. The van der Waals surface area contributed by atoms with Crippen LogP contribution < -0.4 is 20.3 Å². The van der Waals surface area contributed by atoms with Crippen molar-refractivity contribution in [2.75, 3.05) is 37.7 Å². The summed E-state index contributed by atoms with van der Waals surface area (Å²) in [4.78, 5) is 14.5. The van der Waals surface area contributed by atoms with Gasteiger partial charge in [-0.2, -0.15) is 0 Å². The lowest BCUT2D eigenvalue weighted by atomic mass is 10.1. The van der Waals surface area contributed by atoms with Crippen molar-refractivity contribution < 1.29 is 9.53 Å². The van der Waals surface area contributed by atoms with E-state index in [9.17, 15) is 4.79 Å². The van der Waals surface area contributed by atoms with Gasteiger partial charge < -0.3 is 20.3 Å². The molecule has 1 amide bonds. The van der Waals surface area contributed by atoms with Crippen molar-refractivity contribution in [2.45, 2.75) is 12.5 Å². The van der Waals surface area contributed by atoms with Crippen LogP contribution in [0.25, 0.3) is 0 Å². The third-order valence-corrected chi connectivity index (χ3v) is 3.54. The summed E-state index contributed by atoms with van der Waals surface area (Å²) >= 11 is 0. The van der Waals surface area contributed by atoms with Crippen LogP contribution in [0.1, 0.15) is 6.42 Å². The van der Waals surface area contributed by atoms with Gasteiger partial charge in [0, 0.05) is 26.2 Å². The number of benzene rings is 1. The Kier molecular flexibility index (Phi) is 3.66. The van der Waals surface area contributed by atoms with Crippen LogP contribution in [0.2, 0.25) is 0 Å². The van der Waals surface area contributed by atoms with Gasteiger partial charge in [0.2, 0.25) is 5.91 Å². The van der Waals surface area contributed by atoms with Crippen LogP contribution in [-0.2, 0) is 4.79 Å². The fourth-order valence-corrected chi connectivity index (χ4v) is 2.57. The normalized spacial score (nSPS) is 23.2. The molecule has 0 aliphatic carbocycles. The van der Waals surface area contributed by atoms with E-state index < -0.39 is 0 Å². The zero-order chi connectivity index (χ0) is 13.1. The van der Waals surface area contributed by atoms with Crippen molar-refractivity contribution in [3.8, 4) is 5.75 Å². The minimum Gasteiger partial charge on any atom is -0.491 e. The van der Waals surface area contributed by atoms with Crippen molar-refractivity contribution in [3.63, 3.8) is 0 Å².